The van der Waals surface area contributed by atoms with E-state index < -0.39 is 35.4 Å². The highest BCUT2D eigenvalue weighted by molar-refractivity contribution is 6.09. The maximum atomic E-state index is 13.7. The molecule has 4 rings (SSSR count). The van der Waals surface area contributed by atoms with Crippen LogP contribution in [0.15, 0.2) is 24.3 Å². The molecule has 2 saturated heterocycles. The number of rotatable bonds is 6. The Hall–Kier alpha value is -2.74. The van der Waals surface area contributed by atoms with Gasteiger partial charge in [0.05, 0.1) is 11.8 Å². The number of esters is 1. The van der Waals surface area contributed by atoms with E-state index in [0.717, 1.165) is 32.1 Å². The van der Waals surface area contributed by atoms with Gasteiger partial charge in [-0.25, -0.2) is 0 Å². The zero-order valence-corrected chi connectivity index (χ0v) is 19.4. The van der Waals surface area contributed by atoms with Crippen molar-refractivity contribution in [2.45, 2.75) is 76.9 Å². The maximum Gasteiger partial charge on any atom is 0.325 e. The number of fused-ring (bicyclic) bond motifs is 1. The number of nitrogens with one attached hydrogen (secondary N) is 1. The van der Waals surface area contributed by atoms with Gasteiger partial charge in [0.25, 0.3) is 0 Å². The van der Waals surface area contributed by atoms with Crippen LogP contribution in [0.25, 0.3) is 0 Å². The molecular formula is C25H32N2O6. The Morgan fingerprint density at radius 3 is 2.33 bits per heavy atom. The quantitative estimate of drug-likeness (QED) is 0.384. The number of carboxylic acids is 1. The van der Waals surface area contributed by atoms with Gasteiger partial charge in [0.15, 0.2) is 0 Å². The van der Waals surface area contributed by atoms with Crippen LogP contribution >= 0.6 is 0 Å². The summed E-state index contributed by atoms with van der Waals surface area (Å²) in [4.78, 5) is 52.9. The van der Waals surface area contributed by atoms with Crippen LogP contribution in [0.5, 0.6) is 5.75 Å². The lowest BCUT2D eigenvalue weighted by Gasteiger charge is -2.37. The molecule has 0 aromatic heterocycles. The second-order valence-electron chi connectivity index (χ2n) is 9.61. The van der Waals surface area contributed by atoms with Crippen molar-refractivity contribution in [3.63, 3.8) is 0 Å². The van der Waals surface area contributed by atoms with Gasteiger partial charge in [-0.05, 0) is 36.5 Å². The minimum absolute atomic E-state index is 0.153. The number of benzene rings is 1. The monoisotopic (exact) mass is 456 g/mol. The average Bonchev–Trinajstić information content (AvgIpc) is 3.28. The molecule has 3 aliphatic rings. The largest absolute Gasteiger partial charge is 0.480 e. The highest BCUT2D eigenvalue weighted by atomic mass is 16.5. The fourth-order valence-electron chi connectivity index (χ4n) is 6.04. The molecule has 2 amide bonds. The summed E-state index contributed by atoms with van der Waals surface area (Å²) in [5.74, 6) is -3.92. The number of hydrogen-bond donors (Lipinski definition) is 2. The summed E-state index contributed by atoms with van der Waals surface area (Å²) in [6.45, 7) is 5.03. The second kappa shape index (κ2) is 8.89. The van der Waals surface area contributed by atoms with Crippen LogP contribution < -0.4 is 10.1 Å². The van der Waals surface area contributed by atoms with Gasteiger partial charge in [0.1, 0.15) is 11.3 Å². The van der Waals surface area contributed by atoms with Gasteiger partial charge in [-0.1, -0.05) is 51.7 Å². The number of imide groups is 1. The van der Waals surface area contributed by atoms with Crippen molar-refractivity contribution in [1.29, 1.82) is 0 Å². The first-order valence-electron chi connectivity index (χ1n) is 11.9. The summed E-state index contributed by atoms with van der Waals surface area (Å²) in [5.41, 5.74) is -0.839. The first-order valence-corrected chi connectivity index (χ1v) is 11.9. The smallest absolute Gasteiger partial charge is 0.325 e. The van der Waals surface area contributed by atoms with Crippen LogP contribution in [0.2, 0.25) is 0 Å². The van der Waals surface area contributed by atoms with E-state index in [-0.39, 0.29) is 23.8 Å². The Kier molecular flexibility index (Phi) is 6.31. The first-order chi connectivity index (χ1) is 15.7. The number of carboxylic acid groups (broad SMARTS) is 1. The highest BCUT2D eigenvalue weighted by Crippen LogP contribution is 2.53. The lowest BCUT2D eigenvalue weighted by molar-refractivity contribution is -0.155. The van der Waals surface area contributed by atoms with Crippen molar-refractivity contribution in [3.05, 3.63) is 29.8 Å². The van der Waals surface area contributed by atoms with E-state index in [0.29, 0.717) is 17.7 Å². The van der Waals surface area contributed by atoms with Crippen molar-refractivity contribution in [1.82, 2.24) is 10.2 Å². The molecule has 2 N–H and O–H groups in total. The summed E-state index contributed by atoms with van der Waals surface area (Å²) in [6.07, 6.45) is 5.11. The van der Waals surface area contributed by atoms with E-state index in [2.05, 4.69) is 5.32 Å². The molecule has 2 aliphatic heterocycles. The molecule has 8 nitrogen and oxygen atoms in total. The number of ether oxygens (including phenoxy) is 1. The number of amides is 2. The average molecular weight is 457 g/mol. The van der Waals surface area contributed by atoms with Crippen LogP contribution in [0.3, 0.4) is 0 Å². The van der Waals surface area contributed by atoms with Gasteiger partial charge in [-0.15, -0.1) is 0 Å². The van der Waals surface area contributed by atoms with Crippen molar-refractivity contribution < 1.29 is 29.0 Å². The SMILES string of the molecule is CCC(C)C1(C(=O)O)NC(c2ccc(OC(C)=O)cc2)C2C(=O)N(C3CCCCC3)C(=O)C21. The molecule has 2 heterocycles. The molecule has 1 aromatic carbocycles. The molecule has 0 radical (unpaired) electrons. The van der Waals surface area contributed by atoms with Crippen LogP contribution in [0.4, 0.5) is 0 Å². The third-order valence-electron chi connectivity index (χ3n) is 7.81. The van der Waals surface area contributed by atoms with Gasteiger partial charge >= 0.3 is 11.9 Å². The Morgan fingerprint density at radius 1 is 1.15 bits per heavy atom. The number of aliphatic carboxylic acids is 1. The van der Waals surface area contributed by atoms with Crippen molar-refractivity contribution in [3.8, 4) is 5.75 Å². The Morgan fingerprint density at radius 2 is 1.79 bits per heavy atom. The molecule has 1 saturated carbocycles. The first kappa shape index (κ1) is 23.4. The molecular weight excluding hydrogens is 424 g/mol. The van der Waals surface area contributed by atoms with Gasteiger partial charge < -0.3 is 9.84 Å². The molecule has 8 heteroatoms. The van der Waals surface area contributed by atoms with Crippen molar-refractivity contribution >= 4 is 23.8 Å². The molecule has 0 bridgehead atoms. The lowest BCUT2D eigenvalue weighted by Crippen LogP contribution is -2.60. The summed E-state index contributed by atoms with van der Waals surface area (Å²) >= 11 is 0. The van der Waals surface area contributed by atoms with Crippen molar-refractivity contribution in [2.24, 2.45) is 17.8 Å². The molecule has 0 spiro atoms. The third-order valence-corrected chi connectivity index (χ3v) is 7.81. The Balaban J connectivity index is 1.77. The molecule has 5 atom stereocenters. The molecule has 33 heavy (non-hydrogen) atoms. The normalized spacial score (nSPS) is 30.9. The van der Waals surface area contributed by atoms with Crippen LogP contribution in [0.1, 0.15) is 70.9 Å². The summed E-state index contributed by atoms with van der Waals surface area (Å²) in [6, 6.07) is 5.91. The fraction of sp³-hybridized carbons (Fsp3) is 0.600. The number of likely N-dealkylation sites (tertiary alicyclic amines) is 1. The Labute approximate surface area is 193 Å². The molecule has 3 fully saturated rings. The third kappa shape index (κ3) is 3.74. The minimum atomic E-state index is -1.53. The van der Waals surface area contributed by atoms with E-state index in [1.165, 1.54) is 11.8 Å². The van der Waals surface area contributed by atoms with E-state index >= 15 is 0 Å². The van der Waals surface area contributed by atoms with Crippen LogP contribution in [-0.2, 0) is 19.2 Å². The molecule has 1 aliphatic carbocycles. The standard InChI is InChI=1S/C25H32N2O6/c1-4-14(2)25(24(31)32)20-19(22(29)27(23(20)30)17-8-6-5-7-9-17)21(26-25)16-10-12-18(13-11-16)33-15(3)28/h10-14,17,19-21,26H,4-9H2,1-3H3,(H,31,32). The number of hydrogen-bond acceptors (Lipinski definition) is 6. The topological polar surface area (TPSA) is 113 Å². The molecule has 178 valence electrons. The fourth-order valence-corrected chi connectivity index (χ4v) is 6.04. The zero-order valence-electron chi connectivity index (χ0n) is 19.4. The zero-order chi connectivity index (χ0) is 23.9. The van der Waals surface area contributed by atoms with E-state index in [4.69, 9.17) is 4.74 Å². The lowest BCUT2D eigenvalue weighted by atomic mass is 9.72. The molecule has 1 aromatic rings. The van der Waals surface area contributed by atoms with E-state index in [1.807, 2.05) is 13.8 Å². The van der Waals surface area contributed by atoms with Gasteiger partial charge in [0, 0.05) is 19.0 Å². The highest BCUT2D eigenvalue weighted by Gasteiger charge is 2.70. The van der Waals surface area contributed by atoms with Crippen LogP contribution in [-0.4, -0.2) is 45.3 Å². The summed E-state index contributed by atoms with van der Waals surface area (Å²) in [7, 11) is 0. The van der Waals surface area contributed by atoms with Crippen molar-refractivity contribution in [2.75, 3.05) is 0 Å². The Bertz CT molecular complexity index is 954. The van der Waals surface area contributed by atoms with Gasteiger partial charge in [-0.2, -0.15) is 0 Å². The predicted molar refractivity (Wildman–Crippen MR) is 119 cm³/mol. The predicted octanol–water partition coefficient (Wildman–Crippen LogP) is 3.06. The van der Waals surface area contributed by atoms with E-state index in [9.17, 15) is 24.3 Å². The number of carbonyl (C=O) groups is 4. The number of nitrogens with zero attached hydrogens (tertiary/aromatic N) is 1. The van der Waals surface area contributed by atoms with E-state index in [1.54, 1.807) is 24.3 Å². The number of carbonyl (C=O) groups excluding carboxylic acids is 3. The van der Waals surface area contributed by atoms with Gasteiger partial charge in [-0.3, -0.25) is 29.4 Å². The summed E-state index contributed by atoms with van der Waals surface area (Å²) in [5, 5.41) is 13.7. The minimum Gasteiger partial charge on any atom is -0.480 e. The molecule has 5 unspecified atom stereocenters. The van der Waals surface area contributed by atoms with Crippen LogP contribution in [0, 0.1) is 17.8 Å². The second-order valence-corrected chi connectivity index (χ2v) is 9.61. The maximum absolute atomic E-state index is 13.7. The van der Waals surface area contributed by atoms with Gasteiger partial charge in [0.2, 0.25) is 11.8 Å². The summed E-state index contributed by atoms with van der Waals surface area (Å²) < 4.78 is 5.11.